The molecule has 3 aromatic heterocycles. The predicted molar refractivity (Wildman–Crippen MR) is 112 cm³/mol. The van der Waals surface area contributed by atoms with Gasteiger partial charge in [0.2, 0.25) is 11.0 Å². The van der Waals surface area contributed by atoms with Crippen LogP contribution in [0.3, 0.4) is 0 Å². The van der Waals surface area contributed by atoms with Crippen molar-refractivity contribution < 1.29 is 14.3 Å². The molecule has 3 rings (SSSR count). The Hall–Kier alpha value is -2.66. The van der Waals surface area contributed by atoms with Crippen LogP contribution < -0.4 is 10.9 Å². The molecule has 29 heavy (non-hydrogen) atoms. The van der Waals surface area contributed by atoms with Gasteiger partial charge < -0.3 is 4.74 Å². The predicted octanol–water partition coefficient (Wildman–Crippen LogP) is 3.03. The molecule has 3 aromatic rings. The Morgan fingerprint density at radius 1 is 1.31 bits per heavy atom. The highest BCUT2D eigenvalue weighted by Crippen LogP contribution is 2.23. The van der Waals surface area contributed by atoms with Crippen LogP contribution in [0.4, 0.5) is 5.13 Å². The van der Waals surface area contributed by atoms with Gasteiger partial charge in [-0.1, -0.05) is 38.5 Å². The first kappa shape index (κ1) is 21.1. The van der Waals surface area contributed by atoms with E-state index in [0.29, 0.717) is 16.6 Å². The number of aromatic nitrogens is 4. The van der Waals surface area contributed by atoms with E-state index in [1.165, 1.54) is 29.0 Å². The zero-order valence-electron chi connectivity index (χ0n) is 16.3. The quantitative estimate of drug-likeness (QED) is 0.427. The third-order valence-corrected chi connectivity index (χ3v) is 6.03. The van der Waals surface area contributed by atoms with Gasteiger partial charge in [0.15, 0.2) is 0 Å². The van der Waals surface area contributed by atoms with Crippen LogP contribution in [0, 0.1) is 0 Å². The molecule has 11 heteroatoms. The van der Waals surface area contributed by atoms with E-state index >= 15 is 0 Å². The van der Waals surface area contributed by atoms with Gasteiger partial charge in [-0.25, -0.2) is 9.78 Å². The summed E-state index contributed by atoms with van der Waals surface area (Å²) in [5.74, 6) is -0.774. The van der Waals surface area contributed by atoms with E-state index in [-0.39, 0.29) is 23.4 Å². The van der Waals surface area contributed by atoms with Gasteiger partial charge in [-0.3, -0.25) is 19.5 Å². The van der Waals surface area contributed by atoms with Crippen LogP contribution in [-0.4, -0.2) is 38.2 Å². The Balaban J connectivity index is 1.78. The number of hydrogen-bond acceptors (Lipinski definition) is 9. The number of carbonyl (C=O) groups is 2. The molecule has 0 aliphatic heterocycles. The molecule has 0 radical (unpaired) electrons. The van der Waals surface area contributed by atoms with Crippen molar-refractivity contribution in [1.29, 1.82) is 0 Å². The fourth-order valence-electron chi connectivity index (χ4n) is 2.45. The summed E-state index contributed by atoms with van der Waals surface area (Å²) in [6.45, 7) is 6.01. The standard InChI is InChI=1S/C18H21N5O4S2/c1-4-5-6-27-17(26)11-8-28-15-13(11)16(25)23(9-19-15)7-12(24)20-18-22-21-14(29-18)10(2)3/h8-10H,4-7H2,1-3H3,(H,20,22,24). The second-order valence-electron chi connectivity index (χ2n) is 6.64. The van der Waals surface area contributed by atoms with Gasteiger partial charge in [-0.05, 0) is 6.42 Å². The number of rotatable bonds is 8. The largest absolute Gasteiger partial charge is 0.462 e. The summed E-state index contributed by atoms with van der Waals surface area (Å²) < 4.78 is 6.37. The van der Waals surface area contributed by atoms with Crippen LogP contribution in [-0.2, 0) is 16.1 Å². The van der Waals surface area contributed by atoms with Crippen molar-refractivity contribution >= 4 is 49.9 Å². The van der Waals surface area contributed by atoms with Gasteiger partial charge in [0.25, 0.3) is 5.56 Å². The number of ether oxygens (including phenoxy) is 1. The van der Waals surface area contributed by atoms with Gasteiger partial charge >= 0.3 is 5.97 Å². The molecule has 1 amide bonds. The van der Waals surface area contributed by atoms with Crippen LogP contribution in [0.2, 0.25) is 0 Å². The first-order valence-corrected chi connectivity index (χ1v) is 10.9. The highest BCUT2D eigenvalue weighted by Gasteiger charge is 2.19. The summed E-state index contributed by atoms with van der Waals surface area (Å²) in [6, 6.07) is 0. The van der Waals surface area contributed by atoms with Gasteiger partial charge in [-0.2, -0.15) is 0 Å². The number of unbranched alkanes of at least 4 members (excludes halogenated alkanes) is 1. The van der Waals surface area contributed by atoms with E-state index in [4.69, 9.17) is 4.74 Å². The maximum Gasteiger partial charge on any atom is 0.339 e. The second-order valence-corrected chi connectivity index (χ2v) is 8.51. The summed E-state index contributed by atoms with van der Waals surface area (Å²) in [5.41, 5.74) is -0.284. The molecular formula is C18H21N5O4S2. The second kappa shape index (κ2) is 9.23. The normalized spacial score (nSPS) is 11.2. The highest BCUT2D eigenvalue weighted by atomic mass is 32.1. The third kappa shape index (κ3) is 4.85. The first-order valence-electron chi connectivity index (χ1n) is 9.17. The number of fused-ring (bicyclic) bond motifs is 1. The minimum Gasteiger partial charge on any atom is -0.462 e. The molecule has 0 aliphatic rings. The molecule has 154 valence electrons. The number of amides is 1. The van der Waals surface area contributed by atoms with E-state index in [9.17, 15) is 14.4 Å². The number of esters is 1. The Bertz CT molecular complexity index is 1090. The lowest BCUT2D eigenvalue weighted by Gasteiger charge is -2.06. The summed E-state index contributed by atoms with van der Waals surface area (Å²) in [5, 5.41) is 13.5. The van der Waals surface area contributed by atoms with Crippen LogP contribution in [0.1, 0.15) is 54.9 Å². The van der Waals surface area contributed by atoms with E-state index in [2.05, 4.69) is 20.5 Å². The van der Waals surface area contributed by atoms with Gasteiger partial charge in [0.05, 0.1) is 23.9 Å². The van der Waals surface area contributed by atoms with Crippen molar-refractivity contribution in [2.45, 2.75) is 46.1 Å². The van der Waals surface area contributed by atoms with Crippen LogP contribution >= 0.6 is 22.7 Å². The zero-order valence-corrected chi connectivity index (χ0v) is 17.9. The van der Waals surface area contributed by atoms with Crippen LogP contribution in [0.15, 0.2) is 16.5 Å². The molecule has 0 spiro atoms. The van der Waals surface area contributed by atoms with Crippen molar-refractivity contribution in [1.82, 2.24) is 19.7 Å². The molecule has 0 atom stereocenters. The number of thiophene rings is 1. The van der Waals surface area contributed by atoms with Gasteiger partial charge in [0, 0.05) is 11.3 Å². The lowest BCUT2D eigenvalue weighted by Crippen LogP contribution is -2.28. The Morgan fingerprint density at radius 3 is 2.79 bits per heavy atom. The maximum absolute atomic E-state index is 12.8. The molecule has 0 bridgehead atoms. The Labute approximate surface area is 174 Å². The number of carbonyl (C=O) groups excluding carboxylic acids is 2. The average Bonchev–Trinajstić information content (AvgIpc) is 3.31. The Morgan fingerprint density at radius 2 is 2.10 bits per heavy atom. The zero-order chi connectivity index (χ0) is 21.0. The molecule has 0 aliphatic carbocycles. The molecule has 0 fully saturated rings. The number of hydrogen-bond donors (Lipinski definition) is 1. The number of nitrogens with zero attached hydrogens (tertiary/aromatic N) is 4. The lowest BCUT2D eigenvalue weighted by molar-refractivity contribution is -0.116. The average molecular weight is 436 g/mol. The third-order valence-electron chi connectivity index (χ3n) is 4.01. The summed E-state index contributed by atoms with van der Waals surface area (Å²) in [6.07, 6.45) is 2.95. The van der Waals surface area contributed by atoms with Gasteiger partial charge in [-0.15, -0.1) is 21.5 Å². The topological polar surface area (TPSA) is 116 Å². The van der Waals surface area contributed by atoms with Crippen molar-refractivity contribution in [2.75, 3.05) is 11.9 Å². The SMILES string of the molecule is CCCCOC(=O)c1csc2ncn(CC(=O)Nc3nnc(C(C)C)s3)c(=O)c12. The maximum atomic E-state index is 12.8. The molecular weight excluding hydrogens is 414 g/mol. The molecule has 0 saturated heterocycles. The fourth-order valence-corrected chi connectivity index (χ4v) is 4.08. The number of nitrogens with one attached hydrogen (secondary N) is 1. The van der Waals surface area contributed by atoms with E-state index < -0.39 is 17.4 Å². The lowest BCUT2D eigenvalue weighted by atomic mass is 10.2. The van der Waals surface area contributed by atoms with Crippen LogP contribution in [0.5, 0.6) is 0 Å². The first-order chi connectivity index (χ1) is 13.9. The van der Waals surface area contributed by atoms with Gasteiger partial charge in [0.1, 0.15) is 16.4 Å². The number of anilines is 1. The fraction of sp³-hybridized carbons (Fsp3) is 0.444. The summed E-state index contributed by atoms with van der Waals surface area (Å²) in [7, 11) is 0. The van der Waals surface area contributed by atoms with E-state index in [0.717, 1.165) is 22.4 Å². The van der Waals surface area contributed by atoms with Crippen molar-refractivity contribution in [2.24, 2.45) is 0 Å². The molecule has 0 unspecified atom stereocenters. The van der Waals surface area contributed by atoms with Crippen molar-refractivity contribution in [3.05, 3.63) is 32.6 Å². The molecule has 3 heterocycles. The summed E-state index contributed by atoms with van der Waals surface area (Å²) in [4.78, 5) is 42.1. The minimum absolute atomic E-state index is 0.171. The minimum atomic E-state index is -0.555. The monoisotopic (exact) mass is 435 g/mol. The summed E-state index contributed by atoms with van der Waals surface area (Å²) >= 11 is 2.48. The van der Waals surface area contributed by atoms with Crippen LogP contribution in [0.25, 0.3) is 10.2 Å². The Kier molecular flexibility index (Phi) is 6.70. The highest BCUT2D eigenvalue weighted by molar-refractivity contribution is 7.17. The molecule has 1 N–H and O–H groups in total. The molecule has 0 aromatic carbocycles. The van der Waals surface area contributed by atoms with Crippen molar-refractivity contribution in [3.63, 3.8) is 0 Å². The smallest absolute Gasteiger partial charge is 0.339 e. The molecule has 0 saturated carbocycles. The van der Waals surface area contributed by atoms with Crippen molar-refractivity contribution in [3.8, 4) is 0 Å². The van der Waals surface area contributed by atoms with E-state index in [1.807, 2.05) is 20.8 Å². The molecule has 9 nitrogen and oxygen atoms in total. The van der Waals surface area contributed by atoms with E-state index in [1.54, 1.807) is 5.38 Å².